The first-order valence-corrected chi connectivity index (χ1v) is 10.7. The molecule has 1 aromatic carbocycles. The molecule has 1 saturated heterocycles. The first kappa shape index (κ1) is 22.5. The van der Waals surface area contributed by atoms with E-state index >= 15 is 4.39 Å². The molecule has 0 aliphatic carbocycles. The molecular weight excluding hydrogens is 450 g/mol. The maximum Gasteiger partial charge on any atom is 0.281 e. The Hall–Kier alpha value is -2.73. The highest BCUT2D eigenvalue weighted by molar-refractivity contribution is 8.13. The van der Waals surface area contributed by atoms with Crippen molar-refractivity contribution in [2.45, 2.75) is 24.5 Å². The van der Waals surface area contributed by atoms with Crippen LogP contribution in [-0.2, 0) is 10.3 Å². The number of aliphatic imine (C=N–C) groups is 1. The molecule has 170 valence electrons. The smallest absolute Gasteiger partial charge is 0.281 e. The molecule has 0 saturated carbocycles. The summed E-state index contributed by atoms with van der Waals surface area (Å²) in [6, 6.07) is 3.95. The monoisotopic (exact) mass is 469 g/mol. The van der Waals surface area contributed by atoms with Crippen LogP contribution in [0.5, 0.6) is 0 Å². The Morgan fingerprint density at radius 3 is 2.84 bits per heavy atom. The predicted molar refractivity (Wildman–Crippen MR) is 111 cm³/mol. The molecule has 4 rings (SSSR count). The second-order valence-corrected chi connectivity index (χ2v) is 8.42. The standard InChI is InChI=1S/C20H19F4N5O2S/c21-6-16-12-9-32-19(25)29-20(12,3-4-31-16)11-5-10(1-2-13(11)22)28-18(30)15-8-26-14(7-27-15)17(23)24/h1-2,5,7-8,12,16-17H,3-4,6,9H2,(H2,25,29)(H,28,30)/t12-,16+,20+/m1/s1. The summed E-state index contributed by atoms with van der Waals surface area (Å²) in [5, 5.41) is 2.82. The number of carbonyl (C=O) groups excluding carboxylic acids is 1. The van der Waals surface area contributed by atoms with E-state index in [1.165, 1.54) is 30.0 Å². The number of nitrogens with one attached hydrogen (secondary N) is 1. The van der Waals surface area contributed by atoms with Gasteiger partial charge in [0.25, 0.3) is 12.3 Å². The summed E-state index contributed by atoms with van der Waals surface area (Å²) in [6.07, 6.45) is -1.51. The van der Waals surface area contributed by atoms with E-state index in [9.17, 15) is 18.0 Å². The average molecular weight is 469 g/mol. The Morgan fingerprint density at radius 1 is 1.34 bits per heavy atom. The number of amidine groups is 1. The van der Waals surface area contributed by atoms with Crippen molar-refractivity contribution in [2.24, 2.45) is 16.6 Å². The van der Waals surface area contributed by atoms with Crippen molar-refractivity contribution in [1.29, 1.82) is 0 Å². The number of halogens is 4. The quantitative estimate of drug-likeness (QED) is 0.651. The number of ether oxygens (including phenoxy) is 1. The largest absolute Gasteiger partial charge is 0.379 e. The van der Waals surface area contributed by atoms with Crippen LogP contribution in [0.1, 0.15) is 34.6 Å². The van der Waals surface area contributed by atoms with Crippen LogP contribution in [0.2, 0.25) is 0 Å². The topological polar surface area (TPSA) is 102 Å². The fraction of sp³-hybridized carbons (Fsp3) is 0.400. The molecule has 0 spiro atoms. The third kappa shape index (κ3) is 4.16. The van der Waals surface area contributed by atoms with Crippen LogP contribution in [0.4, 0.5) is 23.2 Å². The maximum atomic E-state index is 15.0. The van der Waals surface area contributed by atoms with Gasteiger partial charge in [-0.15, -0.1) is 0 Å². The van der Waals surface area contributed by atoms with Gasteiger partial charge in [-0.25, -0.2) is 22.5 Å². The average Bonchev–Trinajstić information content (AvgIpc) is 2.79. The van der Waals surface area contributed by atoms with Gasteiger partial charge in [-0.3, -0.25) is 14.8 Å². The zero-order chi connectivity index (χ0) is 22.9. The van der Waals surface area contributed by atoms with E-state index in [4.69, 9.17) is 10.5 Å². The second kappa shape index (κ2) is 9.02. The van der Waals surface area contributed by atoms with Crippen LogP contribution in [0.15, 0.2) is 35.6 Å². The Labute approximate surface area is 184 Å². The molecule has 1 fully saturated rings. The number of rotatable bonds is 5. The third-order valence-corrected chi connectivity index (χ3v) is 6.48. The van der Waals surface area contributed by atoms with Gasteiger partial charge in [0, 0.05) is 35.9 Å². The van der Waals surface area contributed by atoms with Crippen molar-refractivity contribution in [3.05, 3.63) is 53.4 Å². The van der Waals surface area contributed by atoms with E-state index in [1.54, 1.807) is 0 Å². The van der Waals surface area contributed by atoms with Crippen LogP contribution in [-0.4, -0.2) is 46.2 Å². The van der Waals surface area contributed by atoms with Crippen LogP contribution < -0.4 is 11.1 Å². The molecule has 3 heterocycles. The Kier molecular flexibility index (Phi) is 6.33. The van der Waals surface area contributed by atoms with E-state index in [0.717, 1.165) is 12.4 Å². The number of nitrogens with two attached hydrogens (primary N) is 1. The molecule has 3 N–H and O–H groups in total. The second-order valence-electron chi connectivity index (χ2n) is 7.38. The molecule has 2 aliphatic heterocycles. The van der Waals surface area contributed by atoms with Gasteiger partial charge in [-0.1, -0.05) is 11.8 Å². The van der Waals surface area contributed by atoms with Gasteiger partial charge < -0.3 is 15.8 Å². The Morgan fingerprint density at radius 2 is 2.16 bits per heavy atom. The van der Waals surface area contributed by atoms with E-state index < -0.39 is 48.1 Å². The number of benzene rings is 1. The zero-order valence-electron chi connectivity index (χ0n) is 16.6. The summed E-state index contributed by atoms with van der Waals surface area (Å²) in [6.45, 7) is -0.567. The van der Waals surface area contributed by atoms with Gasteiger partial charge in [-0.05, 0) is 18.2 Å². The number of hydrogen-bond donors (Lipinski definition) is 2. The van der Waals surface area contributed by atoms with Crippen LogP contribution in [0.3, 0.4) is 0 Å². The first-order valence-electron chi connectivity index (χ1n) is 9.71. The minimum Gasteiger partial charge on any atom is -0.379 e. The number of carbonyl (C=O) groups is 1. The van der Waals surface area contributed by atoms with Crippen molar-refractivity contribution in [3.63, 3.8) is 0 Å². The van der Waals surface area contributed by atoms with E-state index in [1.807, 2.05) is 0 Å². The first-order chi connectivity index (χ1) is 15.3. The van der Waals surface area contributed by atoms with E-state index in [0.29, 0.717) is 12.2 Å². The molecule has 32 heavy (non-hydrogen) atoms. The normalized spacial score (nSPS) is 25.2. The lowest BCUT2D eigenvalue weighted by atomic mass is 9.72. The number of anilines is 1. The lowest BCUT2D eigenvalue weighted by Crippen LogP contribution is -2.52. The van der Waals surface area contributed by atoms with Gasteiger partial charge in [0.2, 0.25) is 0 Å². The minimum absolute atomic E-state index is 0.171. The molecular formula is C20H19F4N5O2S. The Bertz CT molecular complexity index is 1040. The van der Waals surface area contributed by atoms with Gasteiger partial charge in [-0.2, -0.15) is 0 Å². The fourth-order valence-corrected chi connectivity index (χ4v) is 5.08. The number of thioether (sulfide) groups is 1. The van der Waals surface area contributed by atoms with Gasteiger partial charge in [0.05, 0.1) is 24.0 Å². The van der Waals surface area contributed by atoms with Crippen molar-refractivity contribution in [1.82, 2.24) is 9.97 Å². The zero-order valence-corrected chi connectivity index (χ0v) is 17.4. The summed E-state index contributed by atoms with van der Waals surface area (Å²) < 4.78 is 59.4. The molecule has 2 aliphatic rings. The van der Waals surface area contributed by atoms with Gasteiger partial charge >= 0.3 is 0 Å². The summed E-state index contributed by atoms with van der Waals surface area (Å²) in [4.78, 5) is 24.2. The molecule has 7 nitrogen and oxygen atoms in total. The number of alkyl halides is 3. The lowest BCUT2D eigenvalue weighted by molar-refractivity contribution is -0.0714. The highest BCUT2D eigenvalue weighted by Crippen LogP contribution is 2.48. The molecule has 3 atom stereocenters. The number of aromatic nitrogens is 2. The molecule has 12 heteroatoms. The highest BCUT2D eigenvalue weighted by atomic mass is 32.2. The number of fused-ring (bicyclic) bond motifs is 1. The summed E-state index contributed by atoms with van der Waals surface area (Å²) in [5.74, 6) is -1.32. The Balaban J connectivity index is 1.66. The molecule has 1 amide bonds. The summed E-state index contributed by atoms with van der Waals surface area (Å²) in [7, 11) is 0. The minimum atomic E-state index is -2.80. The van der Waals surface area contributed by atoms with Gasteiger partial charge in [0.1, 0.15) is 23.9 Å². The maximum absolute atomic E-state index is 15.0. The fourth-order valence-electron chi connectivity index (χ4n) is 4.01. The molecule has 1 aromatic heterocycles. The predicted octanol–water partition coefficient (Wildman–Crippen LogP) is 3.44. The SMILES string of the molecule is NC1=N[C@]2(c3cc(NC(=O)c4cnc(C(F)F)cn4)ccc3F)CCO[C@@H](CF)[C@H]2CS1. The number of amides is 1. The van der Waals surface area contributed by atoms with Crippen LogP contribution in [0, 0.1) is 11.7 Å². The number of nitrogens with zero attached hydrogens (tertiary/aromatic N) is 3. The van der Waals surface area contributed by atoms with Crippen LogP contribution in [0.25, 0.3) is 0 Å². The van der Waals surface area contributed by atoms with Crippen LogP contribution >= 0.6 is 11.8 Å². The van der Waals surface area contributed by atoms with Crippen molar-refractivity contribution >= 4 is 28.5 Å². The van der Waals surface area contributed by atoms with Crippen molar-refractivity contribution in [2.75, 3.05) is 24.4 Å². The summed E-state index contributed by atoms with van der Waals surface area (Å²) >= 11 is 1.26. The molecule has 0 radical (unpaired) electrons. The van der Waals surface area contributed by atoms with E-state index in [2.05, 4.69) is 20.3 Å². The summed E-state index contributed by atoms with van der Waals surface area (Å²) in [5.41, 5.74) is 4.48. The number of hydrogen-bond acceptors (Lipinski definition) is 7. The van der Waals surface area contributed by atoms with Crippen molar-refractivity contribution < 1.29 is 27.1 Å². The highest BCUT2D eigenvalue weighted by Gasteiger charge is 2.51. The lowest BCUT2D eigenvalue weighted by Gasteiger charge is -2.47. The molecule has 0 bridgehead atoms. The van der Waals surface area contributed by atoms with Crippen molar-refractivity contribution in [3.8, 4) is 0 Å². The molecule has 0 unspecified atom stereocenters. The molecule has 2 aromatic rings. The van der Waals surface area contributed by atoms with E-state index in [-0.39, 0.29) is 28.7 Å². The van der Waals surface area contributed by atoms with Gasteiger partial charge in [0.15, 0.2) is 5.17 Å². The third-order valence-electron chi connectivity index (χ3n) is 5.57.